The average Bonchev–Trinajstić information content (AvgIpc) is 2.96. The Hall–Kier alpha value is -2.71. The van der Waals surface area contributed by atoms with Gasteiger partial charge in [0.25, 0.3) is 0 Å². The van der Waals surface area contributed by atoms with Crippen LogP contribution in [0.1, 0.15) is 11.3 Å². The van der Waals surface area contributed by atoms with Crippen LogP contribution in [-0.2, 0) is 17.9 Å². The molecule has 0 unspecified atom stereocenters. The fourth-order valence-corrected chi connectivity index (χ4v) is 1.49. The summed E-state index contributed by atoms with van der Waals surface area (Å²) in [4.78, 5) is 21.5. The zero-order chi connectivity index (χ0) is 13.8. The molecule has 0 saturated carbocycles. The fraction of sp³-hybridized carbons (Fsp3) is 0.300. The second-order valence-electron chi connectivity index (χ2n) is 3.93. The number of rotatable bonds is 5. The van der Waals surface area contributed by atoms with E-state index in [0.29, 0.717) is 6.54 Å². The fourth-order valence-electron chi connectivity index (χ4n) is 1.49. The molecule has 0 aliphatic heterocycles. The summed E-state index contributed by atoms with van der Waals surface area (Å²) < 4.78 is 1.22. The number of nitrogens with zero attached hydrogens (tertiary/aromatic N) is 4. The molecule has 0 bridgehead atoms. The van der Waals surface area contributed by atoms with E-state index in [1.807, 2.05) is 6.92 Å². The second kappa shape index (κ2) is 5.29. The standard InChI is InChI=1S/C10H12N6O3/c1-7-8(5-12-13-7)4-11-10(17)6-15-3-2-9(14-15)16(18)19/h2-3,5H,4,6H2,1H3,(H,11,17)(H,12,13). The first kappa shape index (κ1) is 12.7. The monoisotopic (exact) mass is 264 g/mol. The Morgan fingerprint density at radius 1 is 1.63 bits per heavy atom. The van der Waals surface area contributed by atoms with E-state index in [1.165, 1.54) is 16.9 Å². The van der Waals surface area contributed by atoms with Crippen molar-refractivity contribution in [2.45, 2.75) is 20.0 Å². The van der Waals surface area contributed by atoms with E-state index in [9.17, 15) is 14.9 Å². The van der Waals surface area contributed by atoms with Crippen molar-refractivity contribution in [1.82, 2.24) is 25.3 Å². The molecule has 9 heteroatoms. The van der Waals surface area contributed by atoms with E-state index in [2.05, 4.69) is 20.6 Å². The van der Waals surface area contributed by atoms with Crippen LogP contribution in [-0.4, -0.2) is 30.8 Å². The smallest absolute Gasteiger partial charge is 0.358 e. The third kappa shape index (κ3) is 3.15. The summed E-state index contributed by atoms with van der Waals surface area (Å²) in [5.74, 6) is -0.558. The maximum atomic E-state index is 11.6. The Balaban J connectivity index is 1.87. The molecule has 0 fully saturated rings. The highest BCUT2D eigenvalue weighted by atomic mass is 16.6. The van der Waals surface area contributed by atoms with Crippen molar-refractivity contribution in [1.29, 1.82) is 0 Å². The Kier molecular flexibility index (Phi) is 3.55. The Labute approximate surface area is 107 Å². The van der Waals surface area contributed by atoms with E-state index in [-0.39, 0.29) is 18.3 Å². The summed E-state index contributed by atoms with van der Waals surface area (Å²) in [7, 11) is 0. The molecule has 0 atom stereocenters. The number of H-pyrrole nitrogens is 1. The van der Waals surface area contributed by atoms with Gasteiger partial charge in [0.15, 0.2) is 0 Å². The summed E-state index contributed by atoms with van der Waals surface area (Å²) in [6.07, 6.45) is 3.02. The highest BCUT2D eigenvalue weighted by molar-refractivity contribution is 5.75. The summed E-state index contributed by atoms with van der Waals surface area (Å²) in [6, 6.07) is 1.24. The molecule has 0 aromatic carbocycles. The molecule has 19 heavy (non-hydrogen) atoms. The average molecular weight is 264 g/mol. The third-order valence-corrected chi connectivity index (χ3v) is 2.53. The normalized spacial score (nSPS) is 10.4. The number of hydrogen-bond acceptors (Lipinski definition) is 5. The molecule has 2 heterocycles. The molecule has 1 amide bonds. The van der Waals surface area contributed by atoms with Gasteiger partial charge in [-0.25, -0.2) is 0 Å². The van der Waals surface area contributed by atoms with E-state index in [4.69, 9.17) is 0 Å². The molecule has 2 rings (SSSR count). The summed E-state index contributed by atoms with van der Waals surface area (Å²) in [6.45, 7) is 2.14. The van der Waals surface area contributed by atoms with Crippen LogP contribution >= 0.6 is 0 Å². The number of amides is 1. The highest BCUT2D eigenvalue weighted by Gasteiger charge is 2.13. The van der Waals surface area contributed by atoms with E-state index in [0.717, 1.165) is 11.3 Å². The van der Waals surface area contributed by atoms with Crippen molar-refractivity contribution >= 4 is 11.7 Å². The minimum absolute atomic E-state index is 0.0647. The first-order chi connectivity index (χ1) is 9.06. The molecule has 9 nitrogen and oxygen atoms in total. The molecule has 2 N–H and O–H groups in total. The number of carbonyl (C=O) groups excluding carboxylic acids is 1. The van der Waals surface area contributed by atoms with Gasteiger partial charge in [0, 0.05) is 17.8 Å². The molecule has 0 spiro atoms. The lowest BCUT2D eigenvalue weighted by atomic mass is 10.2. The van der Waals surface area contributed by atoms with Gasteiger partial charge in [0.1, 0.15) is 6.54 Å². The minimum Gasteiger partial charge on any atom is -0.358 e. The maximum absolute atomic E-state index is 11.6. The molecule has 2 aromatic heterocycles. The van der Waals surface area contributed by atoms with Crippen LogP contribution in [0, 0.1) is 17.0 Å². The molecule has 0 saturated heterocycles. The number of aryl methyl sites for hydroxylation is 1. The van der Waals surface area contributed by atoms with Crippen molar-refractivity contribution in [3.05, 3.63) is 39.8 Å². The largest absolute Gasteiger partial charge is 0.389 e. The van der Waals surface area contributed by atoms with Crippen LogP contribution in [0.25, 0.3) is 0 Å². The van der Waals surface area contributed by atoms with Gasteiger partial charge < -0.3 is 15.4 Å². The SMILES string of the molecule is Cc1[nH]ncc1CNC(=O)Cn1ccc([N+](=O)[O-])n1. The van der Waals surface area contributed by atoms with E-state index in [1.54, 1.807) is 6.20 Å². The van der Waals surface area contributed by atoms with E-state index >= 15 is 0 Å². The van der Waals surface area contributed by atoms with Crippen molar-refractivity contribution in [2.24, 2.45) is 0 Å². The van der Waals surface area contributed by atoms with Gasteiger partial charge in [0.2, 0.25) is 5.91 Å². The number of hydrogen-bond donors (Lipinski definition) is 2. The predicted octanol–water partition coefficient (Wildman–Crippen LogP) is 0.139. The number of carbonyl (C=O) groups is 1. The molecule has 100 valence electrons. The van der Waals surface area contributed by atoms with Gasteiger partial charge in [-0.05, 0) is 11.8 Å². The quantitative estimate of drug-likeness (QED) is 0.588. The summed E-state index contributed by atoms with van der Waals surface area (Å²) >= 11 is 0. The maximum Gasteiger partial charge on any atom is 0.389 e. The van der Waals surface area contributed by atoms with Crippen molar-refractivity contribution < 1.29 is 9.72 Å². The topological polar surface area (TPSA) is 119 Å². The number of aromatic nitrogens is 4. The van der Waals surface area contributed by atoms with Crippen LogP contribution in [0.3, 0.4) is 0 Å². The zero-order valence-corrected chi connectivity index (χ0v) is 10.2. The van der Waals surface area contributed by atoms with Crippen molar-refractivity contribution in [3.63, 3.8) is 0 Å². The van der Waals surface area contributed by atoms with Crippen molar-refractivity contribution in [3.8, 4) is 0 Å². The van der Waals surface area contributed by atoms with Gasteiger partial charge in [-0.15, -0.1) is 0 Å². The van der Waals surface area contributed by atoms with Crippen LogP contribution in [0.4, 0.5) is 5.82 Å². The number of aromatic amines is 1. The summed E-state index contributed by atoms with van der Waals surface area (Å²) in [5.41, 5.74) is 1.77. The Morgan fingerprint density at radius 3 is 3.00 bits per heavy atom. The molecule has 0 radical (unpaired) electrons. The molecule has 0 aliphatic rings. The van der Waals surface area contributed by atoms with Crippen molar-refractivity contribution in [2.75, 3.05) is 0 Å². The van der Waals surface area contributed by atoms with Crippen LogP contribution in [0.15, 0.2) is 18.5 Å². The number of nitro groups is 1. The van der Waals surface area contributed by atoms with Crippen LogP contribution in [0.5, 0.6) is 0 Å². The van der Waals surface area contributed by atoms with Gasteiger partial charge in [-0.3, -0.25) is 9.89 Å². The molecule has 0 aliphatic carbocycles. The Morgan fingerprint density at radius 2 is 2.42 bits per heavy atom. The first-order valence-corrected chi connectivity index (χ1v) is 5.49. The van der Waals surface area contributed by atoms with Gasteiger partial charge in [0.05, 0.1) is 23.6 Å². The summed E-state index contributed by atoms with van der Waals surface area (Å²) in [5, 5.41) is 23.4. The van der Waals surface area contributed by atoms with E-state index < -0.39 is 4.92 Å². The molecular formula is C10H12N6O3. The zero-order valence-electron chi connectivity index (χ0n) is 10.2. The Bertz CT molecular complexity index is 602. The van der Waals surface area contributed by atoms with Gasteiger partial charge >= 0.3 is 5.82 Å². The molecule has 2 aromatic rings. The van der Waals surface area contributed by atoms with Gasteiger partial charge in [-0.1, -0.05) is 0 Å². The highest BCUT2D eigenvalue weighted by Crippen LogP contribution is 2.05. The lowest BCUT2D eigenvalue weighted by Crippen LogP contribution is -2.27. The minimum atomic E-state index is -0.608. The lowest BCUT2D eigenvalue weighted by Gasteiger charge is -2.02. The molecular weight excluding hydrogens is 252 g/mol. The van der Waals surface area contributed by atoms with Gasteiger partial charge in [-0.2, -0.15) is 9.78 Å². The van der Waals surface area contributed by atoms with Crippen LogP contribution in [0.2, 0.25) is 0 Å². The lowest BCUT2D eigenvalue weighted by molar-refractivity contribution is -0.389. The second-order valence-corrected chi connectivity index (χ2v) is 3.93. The van der Waals surface area contributed by atoms with Crippen LogP contribution < -0.4 is 5.32 Å². The third-order valence-electron chi connectivity index (χ3n) is 2.53. The first-order valence-electron chi connectivity index (χ1n) is 5.49. The predicted molar refractivity (Wildman–Crippen MR) is 64.1 cm³/mol. The number of nitrogens with one attached hydrogen (secondary N) is 2.